The molecule has 2 aromatic carbocycles. The molecule has 3 aromatic rings. The summed E-state index contributed by atoms with van der Waals surface area (Å²) < 4.78 is 0. The number of hydrogen-bond donors (Lipinski definition) is 0. The minimum absolute atomic E-state index is 0.874. The lowest BCUT2D eigenvalue weighted by atomic mass is 10.0. The molecule has 0 bridgehead atoms. The van der Waals surface area contributed by atoms with Crippen molar-refractivity contribution in [2.24, 2.45) is 0 Å². The van der Waals surface area contributed by atoms with Crippen molar-refractivity contribution in [2.45, 2.75) is 19.8 Å². The average Bonchev–Trinajstić information content (AvgIpc) is 2.56. The molecule has 0 saturated heterocycles. The van der Waals surface area contributed by atoms with E-state index in [0.29, 0.717) is 0 Å². The van der Waals surface area contributed by atoms with Crippen LogP contribution >= 0.6 is 0 Å². The summed E-state index contributed by atoms with van der Waals surface area (Å²) >= 11 is 0. The van der Waals surface area contributed by atoms with Crippen molar-refractivity contribution < 1.29 is 0 Å². The van der Waals surface area contributed by atoms with Crippen molar-refractivity contribution in [1.82, 2.24) is 4.98 Å². The first-order valence-corrected chi connectivity index (χ1v) is 7.90. The topological polar surface area (TPSA) is 16.1 Å². The Morgan fingerprint density at radius 2 is 1.73 bits per heavy atom. The standard InChI is InChI=1S/C20H22N2/c1-3-14-22(2)18-10-8-16(9-11-18)15-20-19-7-5-4-6-17(19)12-13-21-20/h4-13H,3,14-15H2,1-2H3. The van der Waals surface area contributed by atoms with Crippen LogP contribution in [0.4, 0.5) is 5.69 Å². The molecular formula is C20H22N2. The van der Waals surface area contributed by atoms with Gasteiger partial charge in [-0.15, -0.1) is 0 Å². The van der Waals surface area contributed by atoms with Gasteiger partial charge in [0.1, 0.15) is 0 Å². The molecule has 0 N–H and O–H groups in total. The highest BCUT2D eigenvalue weighted by atomic mass is 15.1. The molecule has 0 aliphatic heterocycles. The van der Waals surface area contributed by atoms with E-state index in [1.54, 1.807) is 0 Å². The Labute approximate surface area is 132 Å². The van der Waals surface area contributed by atoms with Crippen LogP contribution in [0.3, 0.4) is 0 Å². The second-order valence-corrected chi connectivity index (χ2v) is 5.74. The largest absolute Gasteiger partial charge is 0.375 e. The van der Waals surface area contributed by atoms with E-state index < -0.39 is 0 Å². The Morgan fingerprint density at radius 1 is 0.955 bits per heavy atom. The quantitative estimate of drug-likeness (QED) is 0.678. The SMILES string of the molecule is CCCN(C)c1ccc(Cc2nccc3ccccc23)cc1. The van der Waals surface area contributed by atoms with Crippen LogP contribution in [-0.4, -0.2) is 18.6 Å². The fourth-order valence-electron chi connectivity index (χ4n) is 2.85. The number of benzene rings is 2. The number of anilines is 1. The van der Waals surface area contributed by atoms with Crippen molar-refractivity contribution in [2.75, 3.05) is 18.5 Å². The summed E-state index contributed by atoms with van der Waals surface area (Å²) in [6, 6.07) is 19.4. The highest BCUT2D eigenvalue weighted by molar-refractivity contribution is 5.84. The molecule has 0 radical (unpaired) electrons. The number of nitrogens with zero attached hydrogens (tertiary/aromatic N) is 2. The highest BCUT2D eigenvalue weighted by Gasteiger charge is 2.04. The van der Waals surface area contributed by atoms with Crippen LogP contribution in [0, 0.1) is 0 Å². The molecule has 2 heteroatoms. The average molecular weight is 290 g/mol. The van der Waals surface area contributed by atoms with Crippen LogP contribution < -0.4 is 4.90 Å². The smallest absolute Gasteiger partial charge is 0.0525 e. The minimum atomic E-state index is 0.874. The maximum atomic E-state index is 4.58. The van der Waals surface area contributed by atoms with Gasteiger partial charge in [-0.25, -0.2) is 0 Å². The van der Waals surface area contributed by atoms with E-state index in [2.05, 4.69) is 78.5 Å². The maximum absolute atomic E-state index is 4.58. The summed E-state index contributed by atoms with van der Waals surface area (Å²) in [6.45, 7) is 3.29. The lowest BCUT2D eigenvalue weighted by Gasteiger charge is -2.18. The summed E-state index contributed by atoms with van der Waals surface area (Å²) in [5, 5.41) is 2.50. The molecule has 1 heterocycles. The first-order chi connectivity index (χ1) is 10.8. The Hall–Kier alpha value is -2.35. The molecule has 0 amide bonds. The van der Waals surface area contributed by atoms with Crippen molar-refractivity contribution in [1.29, 1.82) is 0 Å². The van der Waals surface area contributed by atoms with Gasteiger partial charge in [-0.1, -0.05) is 43.3 Å². The first kappa shape index (κ1) is 14.6. The van der Waals surface area contributed by atoms with Gasteiger partial charge in [0, 0.05) is 37.3 Å². The van der Waals surface area contributed by atoms with Crippen molar-refractivity contribution in [3.05, 3.63) is 72.1 Å². The molecule has 1 aromatic heterocycles. The summed E-state index contributed by atoms with van der Waals surface area (Å²) in [5.41, 5.74) is 3.72. The number of fused-ring (bicyclic) bond motifs is 1. The molecule has 0 unspecified atom stereocenters. The second kappa shape index (κ2) is 6.61. The predicted octanol–water partition coefficient (Wildman–Crippen LogP) is 4.67. The molecule has 0 aliphatic rings. The van der Waals surface area contributed by atoms with E-state index in [-0.39, 0.29) is 0 Å². The molecule has 0 atom stereocenters. The zero-order chi connectivity index (χ0) is 15.4. The fraction of sp³-hybridized carbons (Fsp3) is 0.250. The van der Waals surface area contributed by atoms with E-state index in [1.165, 1.54) is 22.0 Å². The molecule has 3 rings (SSSR count). The van der Waals surface area contributed by atoms with Crippen LogP contribution in [0.1, 0.15) is 24.6 Å². The summed E-state index contributed by atoms with van der Waals surface area (Å²) in [5.74, 6) is 0. The van der Waals surface area contributed by atoms with Crippen molar-refractivity contribution in [3.8, 4) is 0 Å². The van der Waals surface area contributed by atoms with Crippen LogP contribution in [0.2, 0.25) is 0 Å². The van der Waals surface area contributed by atoms with Crippen molar-refractivity contribution >= 4 is 16.5 Å². The molecular weight excluding hydrogens is 268 g/mol. The number of rotatable bonds is 5. The van der Waals surface area contributed by atoms with E-state index in [0.717, 1.165) is 25.1 Å². The molecule has 112 valence electrons. The van der Waals surface area contributed by atoms with Crippen LogP contribution in [0.5, 0.6) is 0 Å². The van der Waals surface area contributed by atoms with Gasteiger partial charge in [0.15, 0.2) is 0 Å². The minimum Gasteiger partial charge on any atom is -0.375 e. The van der Waals surface area contributed by atoms with E-state index in [9.17, 15) is 0 Å². The second-order valence-electron chi connectivity index (χ2n) is 5.74. The van der Waals surface area contributed by atoms with Crippen LogP contribution in [-0.2, 0) is 6.42 Å². The summed E-state index contributed by atoms with van der Waals surface area (Å²) in [4.78, 5) is 6.87. The zero-order valence-corrected chi connectivity index (χ0v) is 13.3. The molecule has 0 aliphatic carbocycles. The van der Waals surface area contributed by atoms with E-state index >= 15 is 0 Å². The van der Waals surface area contributed by atoms with Gasteiger partial charge in [-0.2, -0.15) is 0 Å². The van der Waals surface area contributed by atoms with Crippen LogP contribution in [0.15, 0.2) is 60.8 Å². The lowest BCUT2D eigenvalue weighted by molar-refractivity contribution is 0.852. The monoisotopic (exact) mass is 290 g/mol. The van der Waals surface area contributed by atoms with Gasteiger partial charge in [-0.05, 0) is 35.6 Å². The number of hydrogen-bond acceptors (Lipinski definition) is 2. The van der Waals surface area contributed by atoms with E-state index in [4.69, 9.17) is 0 Å². The van der Waals surface area contributed by atoms with Crippen molar-refractivity contribution in [3.63, 3.8) is 0 Å². The third kappa shape index (κ3) is 3.11. The number of aromatic nitrogens is 1. The maximum Gasteiger partial charge on any atom is 0.0525 e. The third-order valence-electron chi connectivity index (χ3n) is 4.06. The predicted molar refractivity (Wildman–Crippen MR) is 94.6 cm³/mol. The molecule has 2 nitrogen and oxygen atoms in total. The van der Waals surface area contributed by atoms with Gasteiger partial charge in [0.05, 0.1) is 5.69 Å². The van der Waals surface area contributed by atoms with E-state index in [1.807, 2.05) is 6.20 Å². The lowest BCUT2D eigenvalue weighted by Crippen LogP contribution is -2.17. The molecule has 0 saturated carbocycles. The van der Waals surface area contributed by atoms with Gasteiger partial charge in [-0.3, -0.25) is 4.98 Å². The molecule has 22 heavy (non-hydrogen) atoms. The van der Waals surface area contributed by atoms with Gasteiger partial charge >= 0.3 is 0 Å². The number of pyridine rings is 1. The van der Waals surface area contributed by atoms with Gasteiger partial charge < -0.3 is 4.90 Å². The Bertz CT molecular complexity index is 742. The summed E-state index contributed by atoms with van der Waals surface area (Å²) in [7, 11) is 2.14. The molecule has 0 fully saturated rings. The Morgan fingerprint density at radius 3 is 2.50 bits per heavy atom. The Kier molecular flexibility index (Phi) is 4.38. The van der Waals surface area contributed by atoms with Gasteiger partial charge in [0.25, 0.3) is 0 Å². The normalized spacial score (nSPS) is 10.8. The Balaban J connectivity index is 1.83. The van der Waals surface area contributed by atoms with Crippen LogP contribution in [0.25, 0.3) is 10.8 Å². The highest BCUT2D eigenvalue weighted by Crippen LogP contribution is 2.21. The van der Waals surface area contributed by atoms with Gasteiger partial charge in [0.2, 0.25) is 0 Å². The first-order valence-electron chi connectivity index (χ1n) is 7.90. The third-order valence-corrected chi connectivity index (χ3v) is 4.06. The summed E-state index contributed by atoms with van der Waals surface area (Å²) in [6.07, 6.45) is 3.94. The zero-order valence-electron chi connectivity index (χ0n) is 13.3. The molecule has 0 spiro atoms. The fourth-order valence-corrected chi connectivity index (χ4v) is 2.85.